The van der Waals surface area contributed by atoms with Crippen molar-refractivity contribution in [3.05, 3.63) is 11.8 Å². The van der Waals surface area contributed by atoms with Crippen molar-refractivity contribution in [2.75, 3.05) is 17.8 Å². The third-order valence-electron chi connectivity index (χ3n) is 3.26. The van der Waals surface area contributed by atoms with Gasteiger partial charge in [0.1, 0.15) is 0 Å². The van der Waals surface area contributed by atoms with Gasteiger partial charge in [-0.3, -0.25) is 9.40 Å². The number of anilines is 1. The van der Waals surface area contributed by atoms with Crippen molar-refractivity contribution in [3.63, 3.8) is 0 Å². The summed E-state index contributed by atoms with van der Waals surface area (Å²) in [6.07, 6.45) is 5.72. The zero-order valence-corrected chi connectivity index (χ0v) is 12.0. The standard InChI is InChI=1S/C11H21N5O2S/c1-15-9-10(8-12)11(13-15)14-19(17,18)16-6-4-2-3-5-7-16/h9H,2-8,12H2,1H3,(H,13,14). The van der Waals surface area contributed by atoms with Gasteiger partial charge in [0.25, 0.3) is 0 Å². The van der Waals surface area contributed by atoms with Gasteiger partial charge in [-0.05, 0) is 12.8 Å². The molecule has 1 aliphatic heterocycles. The fourth-order valence-corrected chi connectivity index (χ4v) is 3.53. The van der Waals surface area contributed by atoms with Crippen molar-refractivity contribution in [1.82, 2.24) is 14.1 Å². The number of nitrogens with one attached hydrogen (secondary N) is 1. The van der Waals surface area contributed by atoms with E-state index in [1.165, 1.54) is 4.31 Å². The van der Waals surface area contributed by atoms with Crippen LogP contribution in [0.4, 0.5) is 5.82 Å². The highest BCUT2D eigenvalue weighted by atomic mass is 32.2. The molecule has 108 valence electrons. The largest absolute Gasteiger partial charge is 0.326 e. The van der Waals surface area contributed by atoms with Gasteiger partial charge in [0.15, 0.2) is 5.82 Å². The number of aromatic nitrogens is 2. The highest BCUT2D eigenvalue weighted by molar-refractivity contribution is 7.90. The summed E-state index contributed by atoms with van der Waals surface area (Å²) >= 11 is 0. The van der Waals surface area contributed by atoms with Crippen LogP contribution >= 0.6 is 0 Å². The van der Waals surface area contributed by atoms with Crippen molar-refractivity contribution in [3.8, 4) is 0 Å². The third kappa shape index (κ3) is 3.46. The molecule has 0 radical (unpaired) electrons. The summed E-state index contributed by atoms with van der Waals surface area (Å²) in [6.45, 7) is 1.39. The van der Waals surface area contributed by atoms with Gasteiger partial charge in [-0.25, -0.2) is 0 Å². The van der Waals surface area contributed by atoms with E-state index in [1.807, 2.05) is 0 Å². The van der Waals surface area contributed by atoms with E-state index in [9.17, 15) is 8.42 Å². The second-order valence-corrected chi connectivity index (χ2v) is 6.47. The predicted molar refractivity (Wildman–Crippen MR) is 73.7 cm³/mol. The fourth-order valence-electron chi connectivity index (χ4n) is 2.24. The number of aryl methyl sites for hydroxylation is 1. The molecule has 0 aliphatic carbocycles. The lowest BCUT2D eigenvalue weighted by Crippen LogP contribution is -2.36. The predicted octanol–water partition coefficient (Wildman–Crippen LogP) is 0.412. The number of nitrogens with zero attached hydrogens (tertiary/aromatic N) is 3. The van der Waals surface area contributed by atoms with Gasteiger partial charge in [-0.1, -0.05) is 12.8 Å². The lowest BCUT2D eigenvalue weighted by atomic mass is 10.2. The Morgan fingerprint density at radius 2 is 1.95 bits per heavy atom. The first-order valence-corrected chi connectivity index (χ1v) is 7.97. The van der Waals surface area contributed by atoms with Gasteiger partial charge in [-0.2, -0.15) is 17.8 Å². The minimum Gasteiger partial charge on any atom is -0.326 e. The van der Waals surface area contributed by atoms with Crippen LogP contribution in [0.1, 0.15) is 31.2 Å². The van der Waals surface area contributed by atoms with Crippen molar-refractivity contribution < 1.29 is 8.42 Å². The van der Waals surface area contributed by atoms with Crippen LogP contribution in [0, 0.1) is 0 Å². The number of rotatable bonds is 4. The molecule has 2 rings (SSSR count). The van der Waals surface area contributed by atoms with Gasteiger partial charge in [0.05, 0.1) is 0 Å². The fraction of sp³-hybridized carbons (Fsp3) is 0.727. The van der Waals surface area contributed by atoms with E-state index in [0.717, 1.165) is 25.7 Å². The van der Waals surface area contributed by atoms with Gasteiger partial charge < -0.3 is 5.73 Å². The van der Waals surface area contributed by atoms with Crippen molar-refractivity contribution >= 4 is 16.0 Å². The van der Waals surface area contributed by atoms with Gasteiger partial charge in [0, 0.05) is 38.4 Å². The van der Waals surface area contributed by atoms with E-state index >= 15 is 0 Å². The highest BCUT2D eigenvalue weighted by Crippen LogP contribution is 2.18. The summed E-state index contributed by atoms with van der Waals surface area (Å²) in [5.74, 6) is 0.328. The van der Waals surface area contributed by atoms with E-state index in [4.69, 9.17) is 5.73 Å². The molecule has 3 N–H and O–H groups in total. The van der Waals surface area contributed by atoms with Crippen LogP contribution in [0.15, 0.2) is 6.20 Å². The zero-order chi connectivity index (χ0) is 13.9. The highest BCUT2D eigenvalue weighted by Gasteiger charge is 2.24. The Hall–Kier alpha value is -1.12. The van der Waals surface area contributed by atoms with E-state index in [2.05, 4.69) is 9.82 Å². The first-order valence-electron chi connectivity index (χ1n) is 6.53. The SMILES string of the molecule is Cn1cc(CN)c(NS(=O)(=O)N2CCCCCC2)n1. The van der Waals surface area contributed by atoms with Crippen LogP contribution in [0.2, 0.25) is 0 Å². The number of hydrogen-bond donors (Lipinski definition) is 2. The zero-order valence-electron chi connectivity index (χ0n) is 11.2. The van der Waals surface area contributed by atoms with E-state index in [1.54, 1.807) is 17.9 Å². The average Bonchev–Trinajstić information content (AvgIpc) is 2.58. The van der Waals surface area contributed by atoms with Crippen molar-refractivity contribution in [1.29, 1.82) is 0 Å². The Balaban J connectivity index is 2.15. The molecule has 0 atom stereocenters. The van der Waals surface area contributed by atoms with Gasteiger partial charge >= 0.3 is 10.2 Å². The lowest BCUT2D eigenvalue weighted by molar-refractivity contribution is 0.427. The molecule has 1 saturated heterocycles. The van der Waals surface area contributed by atoms with Crippen LogP contribution in [0.25, 0.3) is 0 Å². The normalized spacial score (nSPS) is 18.2. The number of hydrogen-bond acceptors (Lipinski definition) is 4. The lowest BCUT2D eigenvalue weighted by Gasteiger charge is -2.20. The molecular weight excluding hydrogens is 266 g/mol. The molecule has 1 fully saturated rings. The Morgan fingerprint density at radius 1 is 1.32 bits per heavy atom. The maximum absolute atomic E-state index is 12.3. The van der Waals surface area contributed by atoms with Crippen LogP contribution < -0.4 is 10.5 Å². The molecule has 1 aromatic heterocycles. The van der Waals surface area contributed by atoms with Gasteiger partial charge in [-0.15, -0.1) is 0 Å². The second-order valence-electron chi connectivity index (χ2n) is 4.80. The summed E-state index contributed by atoms with van der Waals surface area (Å²) in [5, 5.41) is 4.10. The molecule has 2 heterocycles. The Morgan fingerprint density at radius 3 is 2.53 bits per heavy atom. The minimum atomic E-state index is -3.53. The molecule has 0 saturated carbocycles. The molecule has 0 spiro atoms. The monoisotopic (exact) mass is 287 g/mol. The summed E-state index contributed by atoms with van der Waals surface area (Å²) < 4.78 is 30.2. The van der Waals surface area contributed by atoms with Gasteiger partial charge in [0.2, 0.25) is 0 Å². The molecule has 0 amide bonds. The van der Waals surface area contributed by atoms with E-state index < -0.39 is 10.2 Å². The maximum atomic E-state index is 12.3. The second kappa shape index (κ2) is 5.89. The molecule has 7 nitrogen and oxygen atoms in total. The molecule has 1 aromatic rings. The molecular formula is C11H21N5O2S. The summed E-state index contributed by atoms with van der Waals surface area (Å²) in [7, 11) is -1.79. The van der Waals surface area contributed by atoms with E-state index in [0.29, 0.717) is 24.5 Å². The van der Waals surface area contributed by atoms with Crippen LogP contribution in [-0.4, -0.2) is 35.6 Å². The van der Waals surface area contributed by atoms with Crippen molar-refractivity contribution in [2.45, 2.75) is 32.2 Å². The van der Waals surface area contributed by atoms with Crippen LogP contribution in [0.5, 0.6) is 0 Å². The van der Waals surface area contributed by atoms with Crippen LogP contribution in [-0.2, 0) is 23.8 Å². The van der Waals surface area contributed by atoms with Crippen LogP contribution in [0.3, 0.4) is 0 Å². The molecule has 0 unspecified atom stereocenters. The Labute approximate surface area is 113 Å². The summed E-state index contributed by atoms with van der Waals surface area (Å²) in [4.78, 5) is 0. The average molecular weight is 287 g/mol. The Kier molecular flexibility index (Phi) is 4.43. The minimum absolute atomic E-state index is 0.256. The third-order valence-corrected chi connectivity index (χ3v) is 4.75. The summed E-state index contributed by atoms with van der Waals surface area (Å²) in [5.41, 5.74) is 6.28. The maximum Gasteiger partial charge on any atom is 0.302 e. The number of nitrogens with two attached hydrogens (primary N) is 1. The Bertz CT molecular complexity index is 517. The van der Waals surface area contributed by atoms with Crippen molar-refractivity contribution in [2.24, 2.45) is 12.8 Å². The first kappa shape index (κ1) is 14.3. The molecule has 0 bridgehead atoms. The first-order chi connectivity index (χ1) is 9.03. The molecule has 19 heavy (non-hydrogen) atoms. The quantitative estimate of drug-likeness (QED) is 0.839. The molecule has 0 aromatic carbocycles. The van der Waals surface area contributed by atoms with E-state index in [-0.39, 0.29) is 6.54 Å². The molecule has 8 heteroatoms. The smallest absolute Gasteiger partial charge is 0.302 e. The topological polar surface area (TPSA) is 93.2 Å². The summed E-state index contributed by atoms with van der Waals surface area (Å²) in [6, 6.07) is 0. The molecule has 1 aliphatic rings.